The van der Waals surface area contributed by atoms with E-state index in [1.165, 1.54) is 51.4 Å². The fourth-order valence-electron chi connectivity index (χ4n) is 3.34. The minimum absolute atomic E-state index is 0.233. The quantitative estimate of drug-likeness (QED) is 0.220. The molecule has 0 saturated heterocycles. The molecular formula is C24H45NO. The van der Waals surface area contributed by atoms with Crippen LogP contribution in [0.25, 0.3) is 0 Å². The zero-order chi connectivity index (χ0) is 19.7. The van der Waals surface area contributed by atoms with E-state index < -0.39 is 5.54 Å². The second-order valence-corrected chi connectivity index (χ2v) is 8.42. The van der Waals surface area contributed by atoms with E-state index in [0.717, 1.165) is 25.7 Å². The van der Waals surface area contributed by atoms with Gasteiger partial charge in [-0.15, -0.1) is 0 Å². The van der Waals surface area contributed by atoms with Crippen molar-refractivity contribution in [3.8, 4) is 0 Å². The third kappa shape index (κ3) is 15.4. The topological polar surface area (TPSA) is 43.1 Å². The zero-order valence-corrected chi connectivity index (χ0v) is 18.1. The van der Waals surface area contributed by atoms with Gasteiger partial charge in [0.15, 0.2) is 5.78 Å². The van der Waals surface area contributed by atoms with E-state index in [0.29, 0.717) is 12.3 Å². The third-order valence-electron chi connectivity index (χ3n) is 4.82. The molecule has 0 aromatic carbocycles. The predicted octanol–water partition coefficient (Wildman–Crippen LogP) is 7.13. The van der Waals surface area contributed by atoms with Gasteiger partial charge in [-0.05, 0) is 57.8 Å². The first kappa shape index (κ1) is 25.1. The molecule has 0 spiro atoms. The van der Waals surface area contributed by atoms with E-state index in [9.17, 15) is 4.79 Å². The highest BCUT2D eigenvalue weighted by atomic mass is 16.1. The highest BCUT2D eigenvalue weighted by Crippen LogP contribution is 2.18. The van der Waals surface area contributed by atoms with Gasteiger partial charge in [-0.1, -0.05) is 77.2 Å². The van der Waals surface area contributed by atoms with Crippen LogP contribution >= 0.6 is 0 Å². The minimum atomic E-state index is -0.636. The summed E-state index contributed by atoms with van der Waals surface area (Å²) < 4.78 is 0. The largest absolute Gasteiger partial charge is 0.319 e. The number of hydrogen-bond donors (Lipinski definition) is 1. The van der Waals surface area contributed by atoms with Gasteiger partial charge in [0.05, 0.1) is 5.54 Å². The first-order valence-electron chi connectivity index (χ1n) is 11.0. The Kier molecular flexibility index (Phi) is 15.7. The molecule has 0 saturated carbocycles. The van der Waals surface area contributed by atoms with Crippen LogP contribution < -0.4 is 5.73 Å². The molecule has 0 aromatic rings. The number of carbonyl (C=O) groups is 1. The molecule has 152 valence electrons. The smallest absolute Gasteiger partial charge is 0.152 e. The Balaban J connectivity index is 3.51. The van der Waals surface area contributed by atoms with Gasteiger partial charge >= 0.3 is 0 Å². The van der Waals surface area contributed by atoms with E-state index in [4.69, 9.17) is 5.73 Å². The Morgan fingerprint density at radius 1 is 0.885 bits per heavy atom. The van der Waals surface area contributed by atoms with Gasteiger partial charge in [0.25, 0.3) is 0 Å². The summed E-state index contributed by atoms with van der Waals surface area (Å²) in [4.78, 5) is 12.2. The normalized spacial score (nSPS) is 14.5. The number of unbranched alkanes of at least 4 members (excludes halogenated alkanes) is 8. The van der Waals surface area contributed by atoms with Crippen LogP contribution in [0.4, 0.5) is 0 Å². The highest BCUT2D eigenvalue weighted by molar-refractivity contribution is 5.87. The van der Waals surface area contributed by atoms with Gasteiger partial charge in [0.2, 0.25) is 0 Å². The van der Waals surface area contributed by atoms with Gasteiger partial charge < -0.3 is 5.73 Å². The lowest BCUT2D eigenvalue weighted by molar-refractivity contribution is -0.124. The summed E-state index contributed by atoms with van der Waals surface area (Å²) in [5, 5.41) is 0. The first-order chi connectivity index (χ1) is 12.4. The summed E-state index contributed by atoms with van der Waals surface area (Å²) in [6.07, 6.45) is 23.9. The molecule has 0 amide bonds. The molecule has 0 bridgehead atoms. The summed E-state index contributed by atoms with van der Waals surface area (Å²) in [7, 11) is 0. The van der Waals surface area contributed by atoms with Crippen LogP contribution in [0.15, 0.2) is 24.3 Å². The van der Waals surface area contributed by atoms with E-state index in [2.05, 4.69) is 45.1 Å². The summed E-state index contributed by atoms with van der Waals surface area (Å²) in [6, 6.07) is 0. The minimum Gasteiger partial charge on any atom is -0.319 e. The molecule has 26 heavy (non-hydrogen) atoms. The molecule has 0 rings (SSSR count). The Hall–Kier alpha value is -0.890. The van der Waals surface area contributed by atoms with Crippen molar-refractivity contribution < 1.29 is 4.79 Å². The maximum Gasteiger partial charge on any atom is 0.152 e. The number of ketones is 1. The van der Waals surface area contributed by atoms with Gasteiger partial charge in [-0.3, -0.25) is 4.79 Å². The van der Waals surface area contributed by atoms with Crippen LogP contribution in [0.1, 0.15) is 111 Å². The lowest BCUT2D eigenvalue weighted by atomic mass is 9.85. The predicted molar refractivity (Wildman–Crippen MR) is 116 cm³/mol. The Bertz CT molecular complexity index is 393. The molecule has 1 atom stereocenters. The summed E-state index contributed by atoms with van der Waals surface area (Å²) in [6.45, 7) is 8.38. The molecule has 2 heteroatoms. The second-order valence-electron chi connectivity index (χ2n) is 8.42. The van der Waals surface area contributed by atoms with Crippen molar-refractivity contribution in [2.75, 3.05) is 0 Å². The molecule has 2 nitrogen and oxygen atoms in total. The molecule has 0 aromatic heterocycles. The van der Waals surface area contributed by atoms with E-state index in [1.807, 2.05) is 6.92 Å². The lowest BCUT2D eigenvalue weighted by Gasteiger charge is -2.25. The van der Waals surface area contributed by atoms with Gasteiger partial charge in [-0.2, -0.15) is 0 Å². The van der Waals surface area contributed by atoms with Gasteiger partial charge in [0, 0.05) is 6.42 Å². The lowest BCUT2D eigenvalue weighted by Crippen LogP contribution is -2.45. The van der Waals surface area contributed by atoms with Crippen molar-refractivity contribution in [1.82, 2.24) is 0 Å². The number of hydrogen-bond acceptors (Lipinski definition) is 2. The molecule has 0 aliphatic carbocycles. The molecule has 0 aliphatic heterocycles. The maximum absolute atomic E-state index is 12.2. The number of Topliss-reactive ketones (excluding diaryl/α,β-unsaturated/α-hetero) is 1. The third-order valence-corrected chi connectivity index (χ3v) is 4.82. The SMILES string of the molecule is CCCCC/C=C\C/C=C\CCCCCCCC(=O)C(C)(N)CC(C)C. The molecule has 0 aliphatic rings. The number of allylic oxidation sites excluding steroid dienone is 4. The fourth-order valence-corrected chi connectivity index (χ4v) is 3.34. The summed E-state index contributed by atoms with van der Waals surface area (Å²) >= 11 is 0. The van der Waals surface area contributed by atoms with Crippen LogP contribution in [0, 0.1) is 5.92 Å². The highest BCUT2D eigenvalue weighted by Gasteiger charge is 2.27. The van der Waals surface area contributed by atoms with Crippen LogP contribution in [-0.2, 0) is 4.79 Å². The van der Waals surface area contributed by atoms with E-state index in [1.54, 1.807) is 0 Å². The van der Waals surface area contributed by atoms with Crippen LogP contribution in [0.3, 0.4) is 0 Å². The number of carbonyl (C=O) groups excluding carboxylic acids is 1. The molecule has 1 unspecified atom stereocenters. The molecule has 0 radical (unpaired) electrons. The standard InChI is InChI=1S/C24H45NO/c1-5-6-7-8-9-10-11-12-13-14-15-16-17-18-19-20-23(26)24(4,25)21-22(2)3/h9-10,12-13,22H,5-8,11,14-21,25H2,1-4H3/b10-9-,13-12-. The van der Waals surface area contributed by atoms with Crippen molar-refractivity contribution >= 4 is 5.78 Å². The molecular weight excluding hydrogens is 318 g/mol. The van der Waals surface area contributed by atoms with E-state index >= 15 is 0 Å². The zero-order valence-electron chi connectivity index (χ0n) is 18.1. The number of nitrogens with two attached hydrogens (primary N) is 1. The Morgan fingerprint density at radius 3 is 2.00 bits per heavy atom. The van der Waals surface area contributed by atoms with Crippen LogP contribution in [-0.4, -0.2) is 11.3 Å². The van der Waals surface area contributed by atoms with Crippen molar-refractivity contribution in [3.63, 3.8) is 0 Å². The molecule has 2 N–H and O–H groups in total. The van der Waals surface area contributed by atoms with Crippen LogP contribution in [0.5, 0.6) is 0 Å². The molecule has 0 fully saturated rings. The van der Waals surface area contributed by atoms with E-state index in [-0.39, 0.29) is 5.78 Å². The monoisotopic (exact) mass is 363 g/mol. The van der Waals surface area contributed by atoms with Crippen molar-refractivity contribution in [2.24, 2.45) is 11.7 Å². The Labute approximate surface area is 163 Å². The average molecular weight is 364 g/mol. The molecule has 0 heterocycles. The summed E-state index contributed by atoms with van der Waals surface area (Å²) in [5.41, 5.74) is 5.52. The van der Waals surface area contributed by atoms with Crippen LogP contribution in [0.2, 0.25) is 0 Å². The average Bonchev–Trinajstić information content (AvgIpc) is 2.57. The van der Waals surface area contributed by atoms with Gasteiger partial charge in [0.1, 0.15) is 0 Å². The second kappa shape index (κ2) is 16.3. The van der Waals surface area contributed by atoms with Crippen molar-refractivity contribution in [3.05, 3.63) is 24.3 Å². The summed E-state index contributed by atoms with van der Waals surface area (Å²) in [5.74, 6) is 0.704. The van der Waals surface area contributed by atoms with Crippen molar-refractivity contribution in [2.45, 2.75) is 117 Å². The maximum atomic E-state index is 12.2. The fraction of sp³-hybridized carbons (Fsp3) is 0.792. The Morgan fingerprint density at radius 2 is 1.42 bits per heavy atom. The first-order valence-corrected chi connectivity index (χ1v) is 11.0. The van der Waals surface area contributed by atoms with Crippen molar-refractivity contribution in [1.29, 1.82) is 0 Å². The number of rotatable bonds is 17. The van der Waals surface area contributed by atoms with Gasteiger partial charge in [-0.25, -0.2) is 0 Å².